The summed E-state index contributed by atoms with van der Waals surface area (Å²) in [6, 6.07) is 28.5. The average molecular weight is 410 g/mol. The quantitative estimate of drug-likeness (QED) is 0.294. The van der Waals surface area contributed by atoms with Crippen molar-refractivity contribution in [2.24, 2.45) is 0 Å². The molecule has 5 nitrogen and oxygen atoms in total. The van der Waals surface area contributed by atoms with Gasteiger partial charge in [0.1, 0.15) is 6.61 Å². The molecule has 0 bridgehead atoms. The summed E-state index contributed by atoms with van der Waals surface area (Å²) in [7, 11) is 0. The zero-order valence-electron chi connectivity index (χ0n) is 17.0. The highest BCUT2D eigenvalue weighted by Gasteiger charge is 2.15. The second kappa shape index (κ2) is 9.67. The van der Waals surface area contributed by atoms with E-state index >= 15 is 0 Å². The number of aromatic nitrogens is 2. The lowest BCUT2D eigenvalue weighted by Crippen LogP contribution is -2.08. The van der Waals surface area contributed by atoms with Crippen LogP contribution in [0, 0.1) is 0 Å². The molecule has 154 valence electrons. The summed E-state index contributed by atoms with van der Waals surface area (Å²) in [5.41, 5.74) is 4.04. The molecule has 0 fully saturated rings. The molecule has 5 heteroatoms. The fourth-order valence-electron chi connectivity index (χ4n) is 3.28. The van der Waals surface area contributed by atoms with Crippen LogP contribution in [0.15, 0.2) is 97.2 Å². The molecule has 1 heterocycles. The van der Waals surface area contributed by atoms with Crippen LogP contribution in [0.25, 0.3) is 16.9 Å². The largest absolute Gasteiger partial charge is 0.461 e. The van der Waals surface area contributed by atoms with Crippen molar-refractivity contribution in [3.63, 3.8) is 0 Å². The van der Waals surface area contributed by atoms with E-state index in [1.807, 2.05) is 72.9 Å². The maximum Gasteiger partial charge on any atom is 0.306 e. The van der Waals surface area contributed by atoms with Gasteiger partial charge >= 0.3 is 5.97 Å². The minimum atomic E-state index is -0.407. The number of ketones is 1. The van der Waals surface area contributed by atoms with Gasteiger partial charge in [0.2, 0.25) is 0 Å². The van der Waals surface area contributed by atoms with Crippen molar-refractivity contribution >= 4 is 11.8 Å². The first-order valence-corrected chi connectivity index (χ1v) is 10.1. The number of ether oxygens (including phenoxy) is 1. The molecular formula is C26H22N2O3. The lowest BCUT2D eigenvalue weighted by molar-refractivity contribution is -0.144. The standard InChI is InChI=1S/C26H22N2O3/c29-24(20-10-4-1-5-11-20)16-17-25(30)31-19-22-18-28(23-14-8-3-9-15-23)27-26(22)21-12-6-2-7-13-21/h1-15,18H,16-17,19H2. The van der Waals surface area contributed by atoms with Crippen LogP contribution in [0.1, 0.15) is 28.8 Å². The first-order chi connectivity index (χ1) is 15.2. The Morgan fingerprint density at radius 2 is 1.39 bits per heavy atom. The van der Waals surface area contributed by atoms with Gasteiger partial charge in [-0.2, -0.15) is 5.10 Å². The molecule has 0 spiro atoms. The van der Waals surface area contributed by atoms with Gasteiger partial charge in [-0.1, -0.05) is 78.9 Å². The highest BCUT2D eigenvalue weighted by atomic mass is 16.5. The smallest absolute Gasteiger partial charge is 0.306 e. The van der Waals surface area contributed by atoms with Crippen LogP contribution in [-0.4, -0.2) is 21.5 Å². The maximum absolute atomic E-state index is 12.3. The Morgan fingerprint density at radius 3 is 2.06 bits per heavy atom. The average Bonchev–Trinajstić information content (AvgIpc) is 3.27. The van der Waals surface area contributed by atoms with Crippen LogP contribution < -0.4 is 0 Å². The first kappa shape index (κ1) is 20.3. The highest BCUT2D eigenvalue weighted by molar-refractivity contribution is 5.97. The summed E-state index contributed by atoms with van der Waals surface area (Å²) < 4.78 is 7.26. The lowest BCUT2D eigenvalue weighted by atomic mass is 10.1. The maximum atomic E-state index is 12.3. The number of esters is 1. The van der Waals surface area contributed by atoms with Crippen molar-refractivity contribution < 1.29 is 14.3 Å². The number of benzene rings is 3. The SMILES string of the molecule is O=C(CCC(=O)c1ccccc1)OCc1cn(-c2ccccc2)nc1-c1ccccc1. The monoisotopic (exact) mass is 410 g/mol. The van der Waals surface area contributed by atoms with E-state index in [-0.39, 0.29) is 25.2 Å². The Morgan fingerprint density at radius 1 is 0.774 bits per heavy atom. The first-order valence-electron chi connectivity index (χ1n) is 10.1. The van der Waals surface area contributed by atoms with Gasteiger partial charge in [-0.25, -0.2) is 4.68 Å². The van der Waals surface area contributed by atoms with E-state index in [4.69, 9.17) is 9.84 Å². The molecule has 0 radical (unpaired) electrons. The van der Waals surface area contributed by atoms with E-state index in [9.17, 15) is 9.59 Å². The van der Waals surface area contributed by atoms with Gasteiger partial charge in [-0.3, -0.25) is 9.59 Å². The van der Waals surface area contributed by atoms with Gasteiger partial charge in [-0.05, 0) is 12.1 Å². The molecule has 0 atom stereocenters. The van der Waals surface area contributed by atoms with E-state index in [1.54, 1.807) is 28.9 Å². The molecule has 0 saturated heterocycles. The molecule has 0 saturated carbocycles. The number of carbonyl (C=O) groups excluding carboxylic acids is 2. The molecule has 4 aromatic rings. The van der Waals surface area contributed by atoms with Crippen molar-refractivity contribution in [3.8, 4) is 16.9 Å². The van der Waals surface area contributed by atoms with Crippen LogP contribution in [-0.2, 0) is 16.1 Å². The highest BCUT2D eigenvalue weighted by Crippen LogP contribution is 2.24. The minimum Gasteiger partial charge on any atom is -0.461 e. The Bertz CT molecular complexity index is 1150. The van der Waals surface area contributed by atoms with Gasteiger partial charge in [0, 0.05) is 29.3 Å². The Labute approximate surface area is 180 Å². The fourth-order valence-corrected chi connectivity index (χ4v) is 3.28. The van der Waals surface area contributed by atoms with Gasteiger partial charge in [0.05, 0.1) is 17.8 Å². The van der Waals surface area contributed by atoms with Crippen LogP contribution in [0.5, 0.6) is 0 Å². The third-order valence-corrected chi connectivity index (χ3v) is 4.90. The number of carbonyl (C=O) groups is 2. The summed E-state index contributed by atoms with van der Waals surface area (Å²) >= 11 is 0. The van der Waals surface area contributed by atoms with Gasteiger partial charge < -0.3 is 4.74 Å². The summed E-state index contributed by atoms with van der Waals surface area (Å²) in [5.74, 6) is -0.477. The summed E-state index contributed by atoms with van der Waals surface area (Å²) in [5, 5.41) is 4.71. The van der Waals surface area contributed by atoms with Crippen LogP contribution in [0.2, 0.25) is 0 Å². The number of nitrogens with zero attached hydrogens (tertiary/aromatic N) is 2. The molecule has 0 aliphatic rings. The molecule has 0 aliphatic carbocycles. The number of hydrogen-bond donors (Lipinski definition) is 0. The molecule has 0 amide bonds. The third-order valence-electron chi connectivity index (χ3n) is 4.90. The number of hydrogen-bond acceptors (Lipinski definition) is 4. The van der Waals surface area contributed by atoms with E-state index in [0.29, 0.717) is 5.56 Å². The van der Waals surface area contributed by atoms with Gasteiger partial charge in [-0.15, -0.1) is 0 Å². The summed E-state index contributed by atoms with van der Waals surface area (Å²) in [6.07, 6.45) is 2.04. The Balaban J connectivity index is 1.45. The number of para-hydroxylation sites is 1. The predicted octanol–water partition coefficient (Wildman–Crippen LogP) is 5.25. The summed E-state index contributed by atoms with van der Waals surface area (Å²) in [4.78, 5) is 24.5. The molecular weight excluding hydrogens is 388 g/mol. The van der Waals surface area contributed by atoms with Crippen molar-refractivity contribution in [2.45, 2.75) is 19.4 Å². The second-order valence-electron chi connectivity index (χ2n) is 7.10. The van der Waals surface area contributed by atoms with Crippen molar-refractivity contribution in [2.75, 3.05) is 0 Å². The number of Topliss-reactive ketones (excluding diaryl/α,β-unsaturated/α-hetero) is 1. The molecule has 0 aliphatic heterocycles. The zero-order chi connectivity index (χ0) is 21.5. The predicted molar refractivity (Wildman–Crippen MR) is 119 cm³/mol. The topological polar surface area (TPSA) is 61.2 Å². The molecule has 0 N–H and O–H groups in total. The molecule has 0 unspecified atom stereocenters. The molecule has 31 heavy (non-hydrogen) atoms. The Hall–Kier alpha value is -3.99. The van der Waals surface area contributed by atoms with E-state index in [1.165, 1.54) is 0 Å². The number of rotatable bonds is 8. The Kier molecular flexibility index (Phi) is 6.33. The van der Waals surface area contributed by atoms with Crippen LogP contribution in [0.4, 0.5) is 0 Å². The third kappa shape index (κ3) is 5.14. The second-order valence-corrected chi connectivity index (χ2v) is 7.10. The minimum absolute atomic E-state index is 0.0429. The molecule has 1 aromatic heterocycles. The van der Waals surface area contributed by atoms with E-state index in [2.05, 4.69) is 0 Å². The lowest BCUT2D eigenvalue weighted by Gasteiger charge is -2.05. The van der Waals surface area contributed by atoms with Crippen LogP contribution in [0.3, 0.4) is 0 Å². The normalized spacial score (nSPS) is 10.6. The van der Waals surface area contributed by atoms with E-state index < -0.39 is 5.97 Å². The zero-order valence-corrected chi connectivity index (χ0v) is 17.0. The van der Waals surface area contributed by atoms with Crippen molar-refractivity contribution in [3.05, 3.63) is 108 Å². The molecule has 3 aromatic carbocycles. The van der Waals surface area contributed by atoms with Gasteiger partial charge in [0.25, 0.3) is 0 Å². The van der Waals surface area contributed by atoms with Gasteiger partial charge in [0.15, 0.2) is 5.78 Å². The van der Waals surface area contributed by atoms with E-state index in [0.717, 1.165) is 22.5 Å². The van der Waals surface area contributed by atoms with Crippen molar-refractivity contribution in [1.29, 1.82) is 0 Å². The summed E-state index contributed by atoms with van der Waals surface area (Å²) in [6.45, 7) is 0.0927. The molecule has 4 rings (SSSR count). The van der Waals surface area contributed by atoms with Crippen LogP contribution >= 0.6 is 0 Å². The fraction of sp³-hybridized carbons (Fsp3) is 0.115. The van der Waals surface area contributed by atoms with Crippen molar-refractivity contribution in [1.82, 2.24) is 9.78 Å².